The van der Waals surface area contributed by atoms with Crippen molar-refractivity contribution in [2.75, 3.05) is 0 Å². The molecule has 0 amide bonds. The van der Waals surface area contributed by atoms with Gasteiger partial charge in [-0.25, -0.2) is 0 Å². The standard InChI is InChI=1S/C21H30O3/c1-13(10-18(23)12-16(4)22)5-8-19-15(3)6-7-17-9-14(2)11-20(24)21(17)19/h5-8,13-14,18,20,23-24H,9-12H2,1-4H3/b8-5+. The maximum Gasteiger partial charge on any atom is 0.132 e. The van der Waals surface area contributed by atoms with Gasteiger partial charge < -0.3 is 10.2 Å². The first-order valence-corrected chi connectivity index (χ1v) is 8.94. The minimum absolute atomic E-state index is 0.0175. The van der Waals surface area contributed by atoms with E-state index in [1.54, 1.807) is 0 Å². The normalized spacial score (nSPS) is 23.1. The second-order valence-electron chi connectivity index (χ2n) is 7.56. The van der Waals surface area contributed by atoms with Crippen molar-refractivity contribution >= 4 is 11.9 Å². The molecule has 0 bridgehead atoms. The summed E-state index contributed by atoms with van der Waals surface area (Å²) >= 11 is 0. The Hall–Kier alpha value is -1.45. The Morgan fingerprint density at radius 1 is 1.42 bits per heavy atom. The van der Waals surface area contributed by atoms with E-state index in [0.717, 1.165) is 29.5 Å². The summed E-state index contributed by atoms with van der Waals surface area (Å²) in [6, 6.07) is 4.26. The molecule has 3 heteroatoms. The number of allylic oxidation sites excluding steroid dienone is 1. The molecule has 0 aliphatic heterocycles. The quantitative estimate of drug-likeness (QED) is 0.829. The molecule has 3 nitrogen and oxygen atoms in total. The van der Waals surface area contributed by atoms with Gasteiger partial charge in [0.1, 0.15) is 5.78 Å². The van der Waals surface area contributed by atoms with Crippen LogP contribution in [-0.2, 0) is 11.2 Å². The van der Waals surface area contributed by atoms with Crippen molar-refractivity contribution in [2.45, 2.75) is 65.6 Å². The molecular weight excluding hydrogens is 300 g/mol. The van der Waals surface area contributed by atoms with Crippen LogP contribution in [0.4, 0.5) is 0 Å². The maximum atomic E-state index is 11.1. The van der Waals surface area contributed by atoms with E-state index in [4.69, 9.17) is 0 Å². The lowest BCUT2D eigenvalue weighted by Gasteiger charge is -2.29. The van der Waals surface area contributed by atoms with Crippen LogP contribution in [0.3, 0.4) is 0 Å². The molecule has 1 aromatic rings. The third-order valence-electron chi connectivity index (χ3n) is 4.88. The van der Waals surface area contributed by atoms with Gasteiger partial charge in [-0.1, -0.05) is 38.1 Å². The van der Waals surface area contributed by atoms with E-state index in [-0.39, 0.29) is 18.1 Å². The SMILES string of the molecule is CC(=O)CC(O)CC(C)/C=C/c1c(C)ccc2c1C(O)CC(C)C2. The average Bonchev–Trinajstić information content (AvgIpc) is 2.45. The third kappa shape index (κ3) is 4.78. The Kier molecular flexibility index (Phi) is 6.36. The number of benzene rings is 1. The summed E-state index contributed by atoms with van der Waals surface area (Å²) in [5.74, 6) is 0.700. The van der Waals surface area contributed by atoms with Gasteiger partial charge in [0.2, 0.25) is 0 Å². The molecule has 2 N–H and O–H groups in total. The molecule has 132 valence electrons. The van der Waals surface area contributed by atoms with Gasteiger partial charge in [-0.05, 0) is 67.2 Å². The molecule has 1 aliphatic rings. The van der Waals surface area contributed by atoms with Gasteiger partial charge >= 0.3 is 0 Å². The van der Waals surface area contributed by atoms with Crippen LogP contribution in [0.15, 0.2) is 18.2 Å². The summed E-state index contributed by atoms with van der Waals surface area (Å²) in [5, 5.41) is 20.4. The Balaban J connectivity index is 2.17. The van der Waals surface area contributed by atoms with Gasteiger partial charge in [-0.15, -0.1) is 0 Å². The lowest BCUT2D eigenvalue weighted by molar-refractivity contribution is -0.118. The second kappa shape index (κ2) is 8.09. The molecule has 0 saturated carbocycles. The highest BCUT2D eigenvalue weighted by atomic mass is 16.3. The fourth-order valence-corrected chi connectivity index (χ4v) is 3.72. The zero-order valence-electron chi connectivity index (χ0n) is 15.2. The van der Waals surface area contributed by atoms with E-state index in [9.17, 15) is 15.0 Å². The number of rotatable bonds is 6. The van der Waals surface area contributed by atoms with Crippen LogP contribution < -0.4 is 0 Å². The average molecular weight is 330 g/mol. The molecule has 0 spiro atoms. The van der Waals surface area contributed by atoms with Gasteiger partial charge in [0.15, 0.2) is 0 Å². The number of ketones is 1. The molecule has 0 aromatic heterocycles. The molecule has 1 aromatic carbocycles. The highest BCUT2D eigenvalue weighted by molar-refractivity contribution is 5.75. The predicted octanol–water partition coefficient (Wildman–Crippen LogP) is 3.99. The number of carbonyl (C=O) groups is 1. The fourth-order valence-electron chi connectivity index (χ4n) is 3.72. The topological polar surface area (TPSA) is 57.5 Å². The van der Waals surface area contributed by atoms with Crippen molar-refractivity contribution in [1.29, 1.82) is 0 Å². The van der Waals surface area contributed by atoms with Gasteiger partial charge in [0.25, 0.3) is 0 Å². The number of hydrogen-bond donors (Lipinski definition) is 2. The maximum absolute atomic E-state index is 11.1. The van der Waals surface area contributed by atoms with E-state index < -0.39 is 12.2 Å². The number of fused-ring (bicyclic) bond motifs is 1. The van der Waals surface area contributed by atoms with E-state index in [0.29, 0.717) is 12.3 Å². The highest BCUT2D eigenvalue weighted by Gasteiger charge is 2.25. The molecule has 4 unspecified atom stereocenters. The molecule has 0 radical (unpaired) electrons. The van der Waals surface area contributed by atoms with Crippen molar-refractivity contribution in [3.8, 4) is 0 Å². The monoisotopic (exact) mass is 330 g/mol. The van der Waals surface area contributed by atoms with Crippen LogP contribution in [0.1, 0.15) is 68.4 Å². The zero-order chi connectivity index (χ0) is 17.9. The first-order valence-electron chi connectivity index (χ1n) is 8.94. The van der Waals surface area contributed by atoms with Crippen molar-refractivity contribution in [2.24, 2.45) is 11.8 Å². The van der Waals surface area contributed by atoms with Gasteiger partial charge in [-0.2, -0.15) is 0 Å². The Morgan fingerprint density at radius 2 is 2.12 bits per heavy atom. The molecule has 24 heavy (non-hydrogen) atoms. The van der Waals surface area contributed by atoms with Crippen molar-refractivity contribution < 1.29 is 15.0 Å². The largest absolute Gasteiger partial charge is 0.393 e. The Labute approximate surface area is 145 Å². The van der Waals surface area contributed by atoms with Gasteiger partial charge in [-0.3, -0.25) is 4.79 Å². The minimum atomic E-state index is -0.584. The second-order valence-corrected chi connectivity index (χ2v) is 7.56. The summed E-state index contributed by atoms with van der Waals surface area (Å²) in [4.78, 5) is 11.1. The van der Waals surface area contributed by atoms with Crippen LogP contribution in [0.25, 0.3) is 6.08 Å². The van der Waals surface area contributed by atoms with Crippen LogP contribution >= 0.6 is 0 Å². The smallest absolute Gasteiger partial charge is 0.132 e. The van der Waals surface area contributed by atoms with Gasteiger partial charge in [0.05, 0.1) is 12.2 Å². The van der Waals surface area contributed by atoms with E-state index >= 15 is 0 Å². The number of Topliss-reactive ketones (excluding diaryl/α,β-unsaturated/α-hetero) is 1. The minimum Gasteiger partial charge on any atom is -0.393 e. The summed E-state index contributed by atoms with van der Waals surface area (Å²) in [5.41, 5.74) is 4.59. The van der Waals surface area contributed by atoms with Crippen molar-refractivity contribution in [1.82, 2.24) is 0 Å². The molecule has 2 rings (SSSR count). The highest BCUT2D eigenvalue weighted by Crippen LogP contribution is 2.37. The molecular formula is C21H30O3. The predicted molar refractivity (Wildman–Crippen MR) is 97.7 cm³/mol. The van der Waals surface area contributed by atoms with Crippen LogP contribution in [-0.4, -0.2) is 22.1 Å². The van der Waals surface area contributed by atoms with Crippen LogP contribution in [0.5, 0.6) is 0 Å². The first-order chi connectivity index (χ1) is 11.3. The van der Waals surface area contributed by atoms with Gasteiger partial charge in [0, 0.05) is 6.42 Å². The number of aryl methyl sites for hydroxylation is 1. The molecule has 1 aliphatic carbocycles. The lowest BCUT2D eigenvalue weighted by atomic mass is 9.79. The van der Waals surface area contributed by atoms with Crippen molar-refractivity contribution in [3.63, 3.8) is 0 Å². The third-order valence-corrected chi connectivity index (χ3v) is 4.88. The Bertz CT molecular complexity index is 618. The van der Waals surface area contributed by atoms with E-state index in [1.165, 1.54) is 12.5 Å². The summed E-state index contributed by atoms with van der Waals surface area (Å²) in [6.45, 7) is 7.80. The lowest BCUT2D eigenvalue weighted by Crippen LogP contribution is -2.18. The fraction of sp³-hybridized carbons (Fsp3) is 0.571. The summed E-state index contributed by atoms with van der Waals surface area (Å²) < 4.78 is 0. The number of hydrogen-bond acceptors (Lipinski definition) is 3. The molecule has 0 fully saturated rings. The van der Waals surface area contributed by atoms with Crippen molar-refractivity contribution in [3.05, 3.63) is 40.5 Å². The number of aliphatic hydroxyl groups is 2. The number of carbonyl (C=O) groups excluding carboxylic acids is 1. The molecule has 0 saturated heterocycles. The van der Waals surface area contributed by atoms with E-state index in [2.05, 4.69) is 38.1 Å². The zero-order valence-corrected chi connectivity index (χ0v) is 15.2. The summed E-state index contributed by atoms with van der Waals surface area (Å²) in [7, 11) is 0. The van der Waals surface area contributed by atoms with Crippen LogP contribution in [0.2, 0.25) is 0 Å². The number of aliphatic hydroxyl groups excluding tert-OH is 2. The molecule has 4 atom stereocenters. The van der Waals surface area contributed by atoms with E-state index in [1.807, 2.05) is 6.92 Å². The molecule has 0 heterocycles. The Morgan fingerprint density at radius 3 is 2.79 bits per heavy atom. The first kappa shape index (κ1) is 18.9. The van der Waals surface area contributed by atoms with Crippen LogP contribution in [0, 0.1) is 18.8 Å². The summed E-state index contributed by atoms with van der Waals surface area (Å²) in [6.07, 6.45) is 5.79.